The summed E-state index contributed by atoms with van der Waals surface area (Å²) in [6.45, 7) is 0.383. The first-order chi connectivity index (χ1) is 15.0. The summed E-state index contributed by atoms with van der Waals surface area (Å²) in [6.07, 6.45) is 2.76. The lowest BCUT2D eigenvalue weighted by molar-refractivity contribution is -0.0498. The zero-order chi connectivity index (χ0) is 22.1. The molecule has 0 spiro atoms. The minimum Gasteiger partial charge on any atom is -0.435 e. The number of guanidine groups is 1. The normalized spacial score (nSPS) is 12.6. The molecule has 0 radical (unpaired) electrons. The van der Waals surface area contributed by atoms with E-state index >= 15 is 0 Å². The second kappa shape index (κ2) is 11.1. The molecule has 3 aromatic rings. The maximum absolute atomic E-state index is 12.2. The second-order valence-electron chi connectivity index (χ2n) is 6.66. The van der Waals surface area contributed by atoms with Gasteiger partial charge in [0.15, 0.2) is 5.96 Å². The first kappa shape index (κ1) is 22.2. The van der Waals surface area contributed by atoms with Crippen LogP contribution in [0.4, 0.5) is 8.78 Å². The highest BCUT2D eigenvalue weighted by Gasteiger charge is 2.10. The smallest absolute Gasteiger partial charge is 0.387 e. The number of hydrogen-bond donors (Lipinski definition) is 3. The number of ether oxygens (including phenoxy) is 1. The van der Waals surface area contributed by atoms with Gasteiger partial charge in [-0.3, -0.25) is 0 Å². The van der Waals surface area contributed by atoms with Crippen molar-refractivity contribution in [1.82, 2.24) is 20.4 Å². The number of hydrogen-bond acceptors (Lipinski definition) is 4. The average Bonchev–Trinajstić information content (AvgIpc) is 3.31. The SMILES string of the molecule is CCNC(=NCc1cccc(-n2cccn2)c1)NCC(O)c1ccc(OC(F)F)cc1. The molecule has 0 aliphatic heterocycles. The first-order valence-electron chi connectivity index (χ1n) is 9.89. The summed E-state index contributed by atoms with van der Waals surface area (Å²) < 4.78 is 30.6. The topological polar surface area (TPSA) is 83.7 Å². The number of alkyl halides is 2. The van der Waals surface area contributed by atoms with Crippen molar-refractivity contribution in [3.8, 4) is 11.4 Å². The summed E-state index contributed by atoms with van der Waals surface area (Å²) >= 11 is 0. The predicted octanol–water partition coefficient (Wildman–Crippen LogP) is 3.26. The summed E-state index contributed by atoms with van der Waals surface area (Å²) in [5.41, 5.74) is 2.54. The number of nitrogens with one attached hydrogen (secondary N) is 2. The van der Waals surface area contributed by atoms with Crippen LogP contribution in [0.25, 0.3) is 5.69 Å². The van der Waals surface area contributed by atoms with E-state index in [9.17, 15) is 13.9 Å². The summed E-state index contributed by atoms with van der Waals surface area (Å²) in [7, 11) is 0. The Labute approximate surface area is 179 Å². The van der Waals surface area contributed by atoms with Crippen molar-refractivity contribution in [2.45, 2.75) is 26.2 Å². The van der Waals surface area contributed by atoms with Crippen LogP contribution in [-0.4, -0.2) is 40.5 Å². The van der Waals surface area contributed by atoms with Crippen molar-refractivity contribution in [3.05, 3.63) is 78.1 Å². The van der Waals surface area contributed by atoms with Crippen molar-refractivity contribution >= 4 is 5.96 Å². The molecule has 0 saturated carbocycles. The van der Waals surface area contributed by atoms with Gasteiger partial charge in [0.2, 0.25) is 0 Å². The fourth-order valence-electron chi connectivity index (χ4n) is 2.91. The molecule has 0 aliphatic carbocycles. The molecule has 0 fully saturated rings. The number of rotatable bonds is 9. The van der Waals surface area contributed by atoms with Crippen LogP contribution in [0.5, 0.6) is 5.75 Å². The Morgan fingerprint density at radius 3 is 2.65 bits per heavy atom. The zero-order valence-corrected chi connectivity index (χ0v) is 17.1. The molecule has 2 aromatic carbocycles. The minimum absolute atomic E-state index is 0.0474. The summed E-state index contributed by atoms with van der Waals surface area (Å²) in [4.78, 5) is 4.57. The predicted molar refractivity (Wildman–Crippen MR) is 114 cm³/mol. The van der Waals surface area contributed by atoms with Gasteiger partial charge >= 0.3 is 6.61 Å². The molecule has 1 unspecified atom stereocenters. The second-order valence-corrected chi connectivity index (χ2v) is 6.66. The molecule has 0 bridgehead atoms. The van der Waals surface area contributed by atoms with E-state index in [4.69, 9.17) is 0 Å². The van der Waals surface area contributed by atoms with Gasteiger partial charge in [-0.2, -0.15) is 13.9 Å². The van der Waals surface area contributed by atoms with Gasteiger partial charge in [-0.15, -0.1) is 0 Å². The molecular weight excluding hydrogens is 404 g/mol. The molecule has 1 aromatic heterocycles. The molecule has 7 nitrogen and oxygen atoms in total. The minimum atomic E-state index is -2.88. The Balaban J connectivity index is 1.59. The lowest BCUT2D eigenvalue weighted by Gasteiger charge is -2.16. The first-order valence-corrected chi connectivity index (χ1v) is 9.89. The van der Waals surface area contributed by atoms with Gasteiger partial charge in [0.1, 0.15) is 5.75 Å². The van der Waals surface area contributed by atoms with Crippen LogP contribution in [0.2, 0.25) is 0 Å². The van der Waals surface area contributed by atoms with E-state index in [-0.39, 0.29) is 12.3 Å². The molecule has 3 N–H and O–H groups in total. The Bertz CT molecular complexity index is 962. The number of benzene rings is 2. The van der Waals surface area contributed by atoms with Crippen LogP contribution in [0.1, 0.15) is 24.2 Å². The lowest BCUT2D eigenvalue weighted by atomic mass is 10.1. The molecule has 3 rings (SSSR count). The van der Waals surface area contributed by atoms with Crippen molar-refractivity contribution in [2.24, 2.45) is 4.99 Å². The fourth-order valence-corrected chi connectivity index (χ4v) is 2.91. The molecule has 1 heterocycles. The van der Waals surface area contributed by atoms with Crippen molar-refractivity contribution in [3.63, 3.8) is 0 Å². The third-order valence-corrected chi connectivity index (χ3v) is 4.40. The van der Waals surface area contributed by atoms with Crippen LogP contribution in [0, 0.1) is 0 Å². The summed E-state index contributed by atoms with van der Waals surface area (Å²) in [5, 5.41) is 20.9. The third kappa shape index (κ3) is 6.78. The Morgan fingerprint density at radius 2 is 1.97 bits per heavy atom. The zero-order valence-electron chi connectivity index (χ0n) is 17.1. The van der Waals surface area contributed by atoms with Gasteiger partial charge in [0.25, 0.3) is 0 Å². The highest BCUT2D eigenvalue weighted by molar-refractivity contribution is 5.79. The highest BCUT2D eigenvalue weighted by Crippen LogP contribution is 2.19. The molecule has 9 heteroatoms. The van der Waals surface area contributed by atoms with Gasteiger partial charge in [0.05, 0.1) is 18.3 Å². The van der Waals surface area contributed by atoms with Crippen LogP contribution >= 0.6 is 0 Å². The van der Waals surface area contributed by atoms with Crippen molar-refractivity contribution in [1.29, 1.82) is 0 Å². The number of aliphatic hydroxyl groups excluding tert-OH is 1. The molecule has 1 atom stereocenters. The lowest BCUT2D eigenvalue weighted by Crippen LogP contribution is -2.39. The van der Waals surface area contributed by atoms with Gasteiger partial charge in [-0.05, 0) is 48.4 Å². The van der Waals surface area contributed by atoms with Crippen molar-refractivity contribution in [2.75, 3.05) is 13.1 Å². The van der Waals surface area contributed by atoms with Crippen molar-refractivity contribution < 1.29 is 18.6 Å². The highest BCUT2D eigenvalue weighted by atomic mass is 19.3. The number of halogens is 2. The molecule has 164 valence electrons. The van der Waals surface area contributed by atoms with E-state index in [0.29, 0.717) is 24.6 Å². The van der Waals surface area contributed by atoms with Crippen LogP contribution in [0.3, 0.4) is 0 Å². The molecule has 31 heavy (non-hydrogen) atoms. The van der Waals surface area contributed by atoms with Crippen LogP contribution in [-0.2, 0) is 6.54 Å². The van der Waals surface area contributed by atoms with Crippen LogP contribution < -0.4 is 15.4 Å². The Hall–Kier alpha value is -3.46. The summed E-state index contributed by atoms with van der Waals surface area (Å²) in [5.74, 6) is 0.606. The summed E-state index contributed by atoms with van der Waals surface area (Å²) in [6, 6.07) is 15.7. The Morgan fingerprint density at radius 1 is 1.16 bits per heavy atom. The molecule has 0 saturated heterocycles. The van der Waals surface area contributed by atoms with Gasteiger partial charge in [0, 0.05) is 25.5 Å². The fraction of sp³-hybridized carbons (Fsp3) is 0.273. The van der Waals surface area contributed by atoms with Gasteiger partial charge in [-0.25, -0.2) is 9.67 Å². The number of aliphatic imine (C=N–C) groups is 1. The maximum atomic E-state index is 12.2. The Kier molecular flexibility index (Phi) is 7.94. The number of aromatic nitrogens is 2. The monoisotopic (exact) mass is 429 g/mol. The molecular formula is C22H25F2N5O2. The average molecular weight is 429 g/mol. The maximum Gasteiger partial charge on any atom is 0.387 e. The molecule has 0 amide bonds. The van der Waals surface area contributed by atoms with E-state index in [1.54, 1.807) is 23.0 Å². The quantitative estimate of drug-likeness (QED) is 0.359. The molecule has 0 aliphatic rings. The van der Waals surface area contributed by atoms with E-state index < -0.39 is 12.7 Å². The van der Waals surface area contributed by atoms with E-state index in [0.717, 1.165) is 11.3 Å². The van der Waals surface area contributed by atoms with Gasteiger partial charge < -0.3 is 20.5 Å². The third-order valence-electron chi connectivity index (χ3n) is 4.40. The number of nitrogens with zero attached hydrogens (tertiary/aromatic N) is 3. The van der Waals surface area contributed by atoms with E-state index in [2.05, 4.69) is 25.5 Å². The number of aliphatic hydroxyl groups is 1. The van der Waals surface area contributed by atoms with E-state index in [1.807, 2.05) is 43.5 Å². The standard InChI is InChI=1S/C22H25F2N5O2/c1-2-25-22(26-14-16-5-3-6-18(13-16)29-12-4-11-28-29)27-15-20(30)17-7-9-19(10-8-17)31-21(23)24/h3-13,20-21,30H,2,14-15H2,1H3,(H2,25,26,27). The van der Waals surface area contributed by atoms with Crippen LogP contribution in [0.15, 0.2) is 72.0 Å². The van der Waals surface area contributed by atoms with Gasteiger partial charge in [-0.1, -0.05) is 24.3 Å². The largest absolute Gasteiger partial charge is 0.435 e. The van der Waals surface area contributed by atoms with E-state index in [1.165, 1.54) is 12.1 Å².